The number of anilines is 2. The number of hydrogen-bond donors (Lipinski definition) is 1. The van der Waals surface area contributed by atoms with E-state index in [9.17, 15) is 14.4 Å². The van der Waals surface area contributed by atoms with E-state index in [2.05, 4.69) is 37.6 Å². The fourth-order valence-electron chi connectivity index (χ4n) is 5.22. The van der Waals surface area contributed by atoms with Gasteiger partial charge in [-0.3, -0.25) is 14.5 Å². The lowest BCUT2D eigenvalue weighted by Gasteiger charge is -2.27. The number of carbonyl (C=O) groups is 3. The normalized spacial score (nSPS) is 13.9. The summed E-state index contributed by atoms with van der Waals surface area (Å²) in [5, 5.41) is 30.0. The Labute approximate surface area is 299 Å². The van der Waals surface area contributed by atoms with E-state index in [1.54, 1.807) is 33.7 Å². The Bertz CT molecular complexity index is 2400. The minimum atomic E-state index is -0.646. The van der Waals surface area contributed by atoms with Crippen LogP contribution in [0.25, 0.3) is 32.4 Å². The molecule has 0 bridgehead atoms. The summed E-state index contributed by atoms with van der Waals surface area (Å²) >= 11 is 2.68. The number of amides is 1. The van der Waals surface area contributed by atoms with Crippen LogP contribution in [0.3, 0.4) is 0 Å². The van der Waals surface area contributed by atoms with E-state index in [0.29, 0.717) is 56.0 Å². The lowest BCUT2D eigenvalue weighted by atomic mass is 10.2. The molecule has 0 atom stereocenters. The van der Waals surface area contributed by atoms with Gasteiger partial charge >= 0.3 is 6.09 Å². The maximum absolute atomic E-state index is 13.0. The van der Waals surface area contributed by atoms with Gasteiger partial charge in [0, 0.05) is 24.2 Å². The van der Waals surface area contributed by atoms with Gasteiger partial charge in [-0.1, -0.05) is 0 Å². The molecule has 8 rings (SSSR count). The molecule has 0 spiro atoms. The zero-order chi connectivity index (χ0) is 35.9. The molecule has 6 heterocycles. The average molecular weight is 719 g/mol. The van der Waals surface area contributed by atoms with Crippen LogP contribution in [0.2, 0.25) is 0 Å². The van der Waals surface area contributed by atoms with Gasteiger partial charge in [0.05, 0.1) is 44.7 Å². The van der Waals surface area contributed by atoms with Gasteiger partial charge in [-0.05, 0) is 70.7 Å². The number of nitrogens with zero attached hydrogens (tertiary/aromatic N) is 9. The Morgan fingerprint density at radius 2 is 1.43 bits per heavy atom. The van der Waals surface area contributed by atoms with Crippen molar-refractivity contribution >= 4 is 64.3 Å². The first-order chi connectivity index (χ1) is 24.6. The molecule has 2 saturated carbocycles. The molecule has 0 aromatic carbocycles. The number of nitriles is 2. The highest BCUT2D eigenvalue weighted by Crippen LogP contribution is 2.37. The standard InChI is InChI=1S/C20H19N5O3S.C15H11N5OS/c1-20(2,3)28-19(27)24(13-4-5-13)17-8-15(16-7-6-14(9-21)29-16)23-18-12(11-26)10-22-25(17)18;16-6-11-3-4-13(22-11)12-5-14(18-10-1-2-10)20-15(19-12)9(8-21)7-17-20/h6-8,10-11,13H,4-5H2,1-3H3;3-5,7-8,10,18H,1-2H2. The molecule has 14 nitrogen and oxygen atoms in total. The number of nitrogens with one attached hydrogen (secondary N) is 1. The third-order valence-corrected chi connectivity index (χ3v) is 9.87. The van der Waals surface area contributed by atoms with Crippen LogP contribution in [-0.4, -0.2) is 65.5 Å². The second kappa shape index (κ2) is 13.4. The smallest absolute Gasteiger partial charge is 0.416 e. The topological polar surface area (TPSA) is 184 Å². The number of hydrogen-bond acceptors (Lipinski definition) is 13. The van der Waals surface area contributed by atoms with Gasteiger partial charge in [0.2, 0.25) is 0 Å². The molecular weight excluding hydrogens is 689 g/mol. The lowest BCUT2D eigenvalue weighted by Crippen LogP contribution is -2.39. The molecular formula is C35H30N10O4S2. The third-order valence-electron chi connectivity index (χ3n) is 7.85. The van der Waals surface area contributed by atoms with Crippen LogP contribution in [0.1, 0.15) is 76.9 Å². The van der Waals surface area contributed by atoms with Crippen molar-refractivity contribution in [3.63, 3.8) is 0 Å². The van der Waals surface area contributed by atoms with Crippen molar-refractivity contribution in [1.82, 2.24) is 29.2 Å². The van der Waals surface area contributed by atoms with Crippen molar-refractivity contribution < 1.29 is 19.1 Å². The zero-order valence-electron chi connectivity index (χ0n) is 27.7. The zero-order valence-corrected chi connectivity index (χ0v) is 29.4. The molecule has 256 valence electrons. The SMILES string of the molecule is CC(C)(C)OC(=O)N(c1cc(-c2ccc(C#N)s2)nc2c(C=O)cnn12)C1CC1.N#Cc1ccc(-c2cc(NC3CC3)n3ncc(C=O)c3n2)s1. The van der Waals surface area contributed by atoms with E-state index in [1.165, 1.54) is 39.6 Å². The molecule has 1 N–H and O–H groups in total. The van der Waals surface area contributed by atoms with Crippen molar-refractivity contribution in [2.45, 2.75) is 64.1 Å². The van der Waals surface area contributed by atoms with Crippen molar-refractivity contribution in [1.29, 1.82) is 10.5 Å². The Hall–Kier alpha value is -5.97. The van der Waals surface area contributed by atoms with Gasteiger partial charge < -0.3 is 10.1 Å². The van der Waals surface area contributed by atoms with Gasteiger partial charge in [0.15, 0.2) is 23.9 Å². The molecule has 2 fully saturated rings. The van der Waals surface area contributed by atoms with Gasteiger partial charge in [-0.25, -0.2) is 14.8 Å². The average Bonchev–Trinajstić information content (AvgIpc) is 3.85. The minimum Gasteiger partial charge on any atom is -0.443 e. The largest absolute Gasteiger partial charge is 0.443 e. The quantitative estimate of drug-likeness (QED) is 0.164. The highest BCUT2D eigenvalue weighted by Gasteiger charge is 2.38. The number of aldehydes is 2. The van der Waals surface area contributed by atoms with Gasteiger partial charge in [0.25, 0.3) is 0 Å². The van der Waals surface area contributed by atoms with E-state index in [0.717, 1.165) is 53.2 Å². The first-order valence-corrected chi connectivity index (χ1v) is 17.7. The molecule has 1 amide bonds. The number of carbonyl (C=O) groups excluding carboxylic acids is 3. The maximum Gasteiger partial charge on any atom is 0.416 e. The second-order valence-electron chi connectivity index (χ2n) is 13.0. The van der Waals surface area contributed by atoms with Crippen LogP contribution in [0.5, 0.6) is 0 Å². The first-order valence-electron chi connectivity index (χ1n) is 16.1. The number of ether oxygens (including phenoxy) is 1. The highest BCUT2D eigenvalue weighted by atomic mass is 32.1. The first kappa shape index (κ1) is 33.5. The van der Waals surface area contributed by atoms with Gasteiger partial charge in [0.1, 0.15) is 39.1 Å². The van der Waals surface area contributed by atoms with Gasteiger partial charge in [-0.15, -0.1) is 22.7 Å². The summed E-state index contributed by atoms with van der Waals surface area (Å²) in [6.45, 7) is 5.45. The summed E-state index contributed by atoms with van der Waals surface area (Å²) < 4.78 is 8.77. The molecule has 0 unspecified atom stereocenters. The van der Waals surface area contributed by atoms with E-state index in [4.69, 9.17) is 15.3 Å². The molecule has 6 aromatic heterocycles. The molecule has 0 aliphatic heterocycles. The van der Waals surface area contributed by atoms with Crippen LogP contribution in [0.15, 0.2) is 48.8 Å². The minimum absolute atomic E-state index is 0.00480. The number of aromatic nitrogens is 6. The Morgan fingerprint density at radius 1 is 0.882 bits per heavy atom. The monoisotopic (exact) mass is 718 g/mol. The highest BCUT2D eigenvalue weighted by molar-refractivity contribution is 7.16. The van der Waals surface area contributed by atoms with Crippen LogP contribution in [0, 0.1) is 22.7 Å². The molecule has 0 saturated heterocycles. The van der Waals surface area contributed by atoms with E-state index in [1.807, 2.05) is 32.9 Å². The summed E-state index contributed by atoms with van der Waals surface area (Å²) in [6, 6.07) is 15.5. The summed E-state index contributed by atoms with van der Waals surface area (Å²) in [6.07, 6.45) is 7.92. The van der Waals surface area contributed by atoms with E-state index >= 15 is 0 Å². The molecule has 2 aliphatic carbocycles. The summed E-state index contributed by atoms with van der Waals surface area (Å²) in [4.78, 5) is 49.2. The van der Waals surface area contributed by atoms with Gasteiger partial charge in [-0.2, -0.15) is 29.8 Å². The molecule has 0 radical (unpaired) electrons. The summed E-state index contributed by atoms with van der Waals surface area (Å²) in [5.41, 5.74) is 2.33. The van der Waals surface area contributed by atoms with E-state index in [-0.39, 0.29) is 6.04 Å². The third kappa shape index (κ3) is 7.05. The summed E-state index contributed by atoms with van der Waals surface area (Å²) in [7, 11) is 0. The Morgan fingerprint density at radius 3 is 1.92 bits per heavy atom. The number of rotatable bonds is 8. The van der Waals surface area contributed by atoms with Crippen molar-refractivity contribution in [2.75, 3.05) is 10.2 Å². The van der Waals surface area contributed by atoms with Crippen LogP contribution >= 0.6 is 22.7 Å². The Kier molecular flexibility index (Phi) is 8.80. The van der Waals surface area contributed by atoms with Crippen molar-refractivity contribution in [2.24, 2.45) is 0 Å². The maximum atomic E-state index is 13.0. The van der Waals surface area contributed by atoms with Crippen LogP contribution in [0.4, 0.5) is 16.4 Å². The molecule has 6 aromatic rings. The second-order valence-corrected chi connectivity index (χ2v) is 15.2. The predicted octanol–water partition coefficient (Wildman–Crippen LogP) is 6.76. The fraction of sp³-hybridized carbons (Fsp3) is 0.286. The molecule has 2 aliphatic rings. The predicted molar refractivity (Wildman–Crippen MR) is 191 cm³/mol. The molecule has 16 heteroatoms. The lowest BCUT2D eigenvalue weighted by molar-refractivity contribution is 0.0575. The van der Waals surface area contributed by atoms with E-state index < -0.39 is 11.7 Å². The van der Waals surface area contributed by atoms with Crippen LogP contribution in [-0.2, 0) is 4.74 Å². The Balaban J connectivity index is 0.000000165. The fourth-order valence-corrected chi connectivity index (χ4v) is 6.75. The number of fused-ring (bicyclic) bond motifs is 2. The molecule has 51 heavy (non-hydrogen) atoms. The van der Waals surface area contributed by atoms with Crippen LogP contribution < -0.4 is 10.2 Å². The summed E-state index contributed by atoms with van der Waals surface area (Å²) in [5.74, 6) is 1.31. The van der Waals surface area contributed by atoms with Crippen molar-refractivity contribution in [3.05, 3.63) is 69.7 Å². The van der Waals surface area contributed by atoms with Crippen molar-refractivity contribution in [3.8, 4) is 33.3 Å². The number of thiophene rings is 2.